The molecule has 3 nitrogen and oxygen atoms in total. The molecule has 134 valence electrons. The quantitative estimate of drug-likeness (QED) is 0.630. The molecule has 3 heteroatoms. The molecule has 24 heavy (non-hydrogen) atoms. The van der Waals surface area contributed by atoms with Crippen LogP contribution >= 0.6 is 0 Å². The third kappa shape index (κ3) is 2.34. The van der Waals surface area contributed by atoms with Gasteiger partial charge in [-0.05, 0) is 80.0 Å². The Hall–Kier alpha value is -0.670. The van der Waals surface area contributed by atoms with Gasteiger partial charge in [-0.15, -0.1) is 0 Å². The molecule has 0 bridgehead atoms. The van der Waals surface area contributed by atoms with E-state index < -0.39 is 0 Å². The Morgan fingerprint density at radius 2 is 2.00 bits per heavy atom. The first-order valence-corrected chi connectivity index (χ1v) is 9.93. The van der Waals surface area contributed by atoms with Crippen LogP contribution in [0.15, 0.2) is 11.6 Å². The van der Waals surface area contributed by atoms with Gasteiger partial charge in [0.15, 0.2) is 0 Å². The molecule has 3 saturated carbocycles. The minimum Gasteiger partial charge on any atom is -0.393 e. The van der Waals surface area contributed by atoms with Crippen LogP contribution in [-0.2, 0) is 9.53 Å². The van der Waals surface area contributed by atoms with Gasteiger partial charge in [0, 0.05) is 0 Å². The number of hydrogen-bond donors (Lipinski definition) is 1. The number of fused-ring (bicyclic) bond motifs is 5. The number of allylic oxidation sites excluding steroid dienone is 1. The third-order valence-electron chi connectivity index (χ3n) is 8.40. The number of aliphatic hydroxyl groups excluding tert-OH is 1. The summed E-state index contributed by atoms with van der Waals surface area (Å²) in [4.78, 5) is 10.6. The molecule has 4 rings (SSSR count). The van der Waals surface area contributed by atoms with Crippen LogP contribution < -0.4 is 0 Å². The lowest BCUT2D eigenvalue weighted by Crippen LogP contribution is -2.51. The molecule has 6 unspecified atom stereocenters. The SMILES string of the molecule is CC12CC[C@H](OCC=O)C=C1CCC1C2CCC2(C)C(O)CCC12. The number of ether oxygens (including phenoxy) is 1. The third-order valence-corrected chi connectivity index (χ3v) is 8.40. The van der Waals surface area contributed by atoms with E-state index in [1.165, 1.54) is 38.5 Å². The molecule has 0 aliphatic heterocycles. The summed E-state index contributed by atoms with van der Waals surface area (Å²) in [7, 11) is 0. The van der Waals surface area contributed by atoms with Gasteiger partial charge < -0.3 is 14.6 Å². The Kier molecular flexibility index (Phi) is 4.16. The monoisotopic (exact) mass is 332 g/mol. The molecule has 0 aromatic carbocycles. The summed E-state index contributed by atoms with van der Waals surface area (Å²) in [6.07, 6.45) is 12.6. The molecule has 0 amide bonds. The van der Waals surface area contributed by atoms with Crippen LogP contribution in [0.5, 0.6) is 0 Å². The molecule has 0 radical (unpaired) electrons. The summed E-state index contributed by atoms with van der Waals surface area (Å²) in [5, 5.41) is 10.5. The standard InChI is InChI=1S/C21H32O3/c1-20-9-7-15(24-12-11-22)13-14(20)3-4-16-17-5-6-19(23)21(17,2)10-8-18(16)20/h11,13,15-19,23H,3-10,12H2,1-2H3/t15-,16?,17?,18?,19?,20?,21?/m0/s1. The van der Waals surface area contributed by atoms with Crippen LogP contribution in [0, 0.1) is 28.6 Å². The van der Waals surface area contributed by atoms with Gasteiger partial charge in [-0.2, -0.15) is 0 Å². The lowest BCUT2D eigenvalue weighted by molar-refractivity contribution is -0.113. The largest absolute Gasteiger partial charge is 0.393 e. The van der Waals surface area contributed by atoms with Crippen molar-refractivity contribution in [3.05, 3.63) is 11.6 Å². The first-order valence-electron chi connectivity index (χ1n) is 9.93. The van der Waals surface area contributed by atoms with Crippen LogP contribution in [0.3, 0.4) is 0 Å². The highest BCUT2D eigenvalue weighted by Gasteiger charge is 2.58. The molecule has 7 atom stereocenters. The highest BCUT2D eigenvalue weighted by Crippen LogP contribution is 2.65. The van der Waals surface area contributed by atoms with Crippen molar-refractivity contribution in [2.75, 3.05) is 6.61 Å². The summed E-state index contributed by atoms with van der Waals surface area (Å²) >= 11 is 0. The smallest absolute Gasteiger partial charge is 0.145 e. The predicted octanol–water partition coefficient (Wildman–Crippen LogP) is 3.89. The van der Waals surface area contributed by atoms with Crippen LogP contribution in [0.1, 0.15) is 65.2 Å². The van der Waals surface area contributed by atoms with Gasteiger partial charge in [-0.25, -0.2) is 0 Å². The molecule has 0 aromatic heterocycles. The molecular weight excluding hydrogens is 300 g/mol. The lowest BCUT2D eigenvalue weighted by Gasteiger charge is -2.58. The van der Waals surface area contributed by atoms with Crippen molar-refractivity contribution >= 4 is 6.29 Å². The average Bonchev–Trinajstić information content (AvgIpc) is 2.88. The zero-order valence-electron chi connectivity index (χ0n) is 15.2. The van der Waals surface area contributed by atoms with E-state index in [-0.39, 0.29) is 24.2 Å². The Morgan fingerprint density at radius 1 is 1.17 bits per heavy atom. The fraction of sp³-hybridized carbons (Fsp3) is 0.857. The molecule has 4 aliphatic carbocycles. The summed E-state index contributed by atoms with van der Waals surface area (Å²) < 4.78 is 5.68. The Balaban J connectivity index is 1.57. The van der Waals surface area contributed by atoms with Gasteiger partial charge in [0.05, 0.1) is 12.2 Å². The Morgan fingerprint density at radius 3 is 2.79 bits per heavy atom. The zero-order valence-corrected chi connectivity index (χ0v) is 15.2. The molecule has 1 N–H and O–H groups in total. The number of hydrogen-bond acceptors (Lipinski definition) is 3. The maximum Gasteiger partial charge on any atom is 0.145 e. The first-order chi connectivity index (χ1) is 11.5. The fourth-order valence-electron chi connectivity index (χ4n) is 6.96. The van der Waals surface area contributed by atoms with E-state index in [2.05, 4.69) is 19.9 Å². The topological polar surface area (TPSA) is 46.5 Å². The fourth-order valence-corrected chi connectivity index (χ4v) is 6.96. The van der Waals surface area contributed by atoms with Crippen LogP contribution in [0.2, 0.25) is 0 Å². The van der Waals surface area contributed by atoms with Gasteiger partial charge in [-0.3, -0.25) is 0 Å². The number of rotatable bonds is 3. The van der Waals surface area contributed by atoms with Crippen molar-refractivity contribution in [3.8, 4) is 0 Å². The molecule has 4 aliphatic rings. The number of carbonyl (C=O) groups is 1. The van der Waals surface area contributed by atoms with Gasteiger partial charge in [0.1, 0.15) is 12.9 Å². The predicted molar refractivity (Wildman–Crippen MR) is 93.5 cm³/mol. The van der Waals surface area contributed by atoms with Crippen molar-refractivity contribution in [1.82, 2.24) is 0 Å². The second-order valence-corrected chi connectivity index (χ2v) is 9.24. The van der Waals surface area contributed by atoms with Crippen LogP contribution in [0.4, 0.5) is 0 Å². The molecule has 0 aromatic rings. The van der Waals surface area contributed by atoms with Crippen molar-refractivity contribution < 1.29 is 14.6 Å². The van der Waals surface area contributed by atoms with E-state index in [1.54, 1.807) is 5.57 Å². The van der Waals surface area contributed by atoms with Gasteiger partial charge >= 0.3 is 0 Å². The van der Waals surface area contributed by atoms with Crippen molar-refractivity contribution in [1.29, 1.82) is 0 Å². The molecule has 0 spiro atoms. The summed E-state index contributed by atoms with van der Waals surface area (Å²) in [5.41, 5.74) is 2.08. The minimum atomic E-state index is -0.0827. The van der Waals surface area contributed by atoms with E-state index >= 15 is 0 Å². The average molecular weight is 332 g/mol. The van der Waals surface area contributed by atoms with E-state index in [0.29, 0.717) is 11.3 Å². The van der Waals surface area contributed by atoms with Crippen LogP contribution in [-0.4, -0.2) is 30.2 Å². The van der Waals surface area contributed by atoms with Gasteiger partial charge in [0.25, 0.3) is 0 Å². The van der Waals surface area contributed by atoms with Crippen molar-refractivity contribution in [3.63, 3.8) is 0 Å². The van der Waals surface area contributed by atoms with E-state index in [0.717, 1.165) is 31.0 Å². The normalized spacial score (nSPS) is 50.5. The van der Waals surface area contributed by atoms with Crippen molar-refractivity contribution in [2.45, 2.75) is 77.4 Å². The Labute approximate surface area is 145 Å². The highest BCUT2D eigenvalue weighted by atomic mass is 16.5. The summed E-state index contributed by atoms with van der Waals surface area (Å²) in [5.74, 6) is 2.28. The van der Waals surface area contributed by atoms with Crippen LogP contribution in [0.25, 0.3) is 0 Å². The lowest BCUT2D eigenvalue weighted by atomic mass is 9.47. The zero-order chi connectivity index (χ0) is 16.9. The maximum absolute atomic E-state index is 10.6. The Bertz CT molecular complexity index is 541. The summed E-state index contributed by atoms with van der Waals surface area (Å²) in [6.45, 7) is 5.05. The minimum absolute atomic E-state index is 0.0827. The van der Waals surface area contributed by atoms with E-state index in [9.17, 15) is 9.90 Å². The second-order valence-electron chi connectivity index (χ2n) is 9.24. The number of carbonyl (C=O) groups excluding carboxylic acids is 1. The molecule has 3 fully saturated rings. The van der Waals surface area contributed by atoms with E-state index in [1.807, 2.05) is 0 Å². The molecule has 0 saturated heterocycles. The van der Waals surface area contributed by atoms with E-state index in [4.69, 9.17) is 4.74 Å². The summed E-state index contributed by atoms with van der Waals surface area (Å²) in [6, 6.07) is 0. The first kappa shape index (κ1) is 16.8. The number of aliphatic hydroxyl groups is 1. The highest BCUT2D eigenvalue weighted by molar-refractivity contribution is 5.50. The maximum atomic E-state index is 10.6. The van der Waals surface area contributed by atoms with Gasteiger partial charge in [-0.1, -0.05) is 25.5 Å². The van der Waals surface area contributed by atoms with Crippen molar-refractivity contribution in [2.24, 2.45) is 28.6 Å². The number of aldehydes is 1. The molecule has 0 heterocycles. The second kappa shape index (κ2) is 5.95. The molecular formula is C21H32O3. The van der Waals surface area contributed by atoms with Gasteiger partial charge in [0.2, 0.25) is 0 Å².